The van der Waals surface area contributed by atoms with Gasteiger partial charge < -0.3 is 35.7 Å². The van der Waals surface area contributed by atoms with Gasteiger partial charge >= 0.3 is 17.6 Å². The van der Waals surface area contributed by atoms with Crippen LogP contribution in [0.25, 0.3) is 0 Å². The van der Waals surface area contributed by atoms with Gasteiger partial charge in [-0.15, -0.1) is 0 Å². The normalized spacial score (nSPS) is 13.6. The van der Waals surface area contributed by atoms with Crippen molar-refractivity contribution in [2.45, 2.75) is 88.7 Å². The maximum absolute atomic E-state index is 6.96. The first-order chi connectivity index (χ1) is 15.5. The van der Waals surface area contributed by atoms with E-state index in [1.807, 2.05) is 0 Å². The van der Waals surface area contributed by atoms with Crippen LogP contribution in [-0.4, -0.2) is 87.9 Å². The second-order valence-corrected chi connectivity index (χ2v) is 19.8. The van der Waals surface area contributed by atoms with Gasteiger partial charge in [-0.2, -0.15) is 0 Å². The number of ether oxygens (including phenoxy) is 1. The van der Waals surface area contributed by atoms with Crippen LogP contribution in [0.1, 0.15) is 51.9 Å². The van der Waals surface area contributed by atoms with Crippen LogP contribution in [0.15, 0.2) is 0 Å². The fraction of sp³-hybridized carbons (Fsp3) is 1.00. The van der Waals surface area contributed by atoms with E-state index in [0.717, 1.165) is 56.8 Å². The van der Waals surface area contributed by atoms with Gasteiger partial charge in [-0.05, 0) is 58.2 Å². The molecule has 0 atom stereocenters. The highest BCUT2D eigenvalue weighted by Crippen LogP contribution is 2.34. The van der Waals surface area contributed by atoms with Gasteiger partial charge in [0.15, 0.2) is 8.32 Å². The minimum atomic E-state index is -2.60. The Morgan fingerprint density at radius 1 is 0.545 bits per heavy atom. The monoisotopic (exact) mass is 528 g/mol. The van der Waals surface area contributed by atoms with Gasteiger partial charge in [0.25, 0.3) is 0 Å². The maximum atomic E-state index is 6.96. The molecule has 8 nitrogen and oxygen atoms in total. The molecule has 0 saturated heterocycles. The van der Waals surface area contributed by atoms with Crippen LogP contribution < -0.4 is 0 Å². The van der Waals surface area contributed by atoms with E-state index in [9.17, 15) is 0 Å². The molecular formula is C22H52O8Si3. The van der Waals surface area contributed by atoms with E-state index in [2.05, 4.69) is 20.0 Å². The van der Waals surface area contributed by atoms with Crippen molar-refractivity contribution in [3.05, 3.63) is 0 Å². The van der Waals surface area contributed by atoms with Gasteiger partial charge in [0.2, 0.25) is 0 Å². The average Bonchev–Trinajstić information content (AvgIpc) is 2.80. The van der Waals surface area contributed by atoms with Crippen LogP contribution in [-0.2, 0) is 35.7 Å². The molecule has 11 heteroatoms. The Labute approximate surface area is 206 Å². The van der Waals surface area contributed by atoms with Crippen LogP contribution in [0.3, 0.4) is 0 Å². The summed E-state index contributed by atoms with van der Waals surface area (Å²) in [4.78, 5) is 0. The van der Waals surface area contributed by atoms with Crippen molar-refractivity contribution >= 4 is 25.9 Å². The molecule has 0 aromatic heterocycles. The summed E-state index contributed by atoms with van der Waals surface area (Å²) in [6.07, 6.45) is 7.12. The molecule has 200 valence electrons. The Morgan fingerprint density at radius 3 is 1.33 bits per heavy atom. The third-order valence-electron chi connectivity index (χ3n) is 6.39. The lowest BCUT2D eigenvalue weighted by Gasteiger charge is -2.39. The molecule has 0 rings (SSSR count). The zero-order valence-electron chi connectivity index (χ0n) is 23.0. The second kappa shape index (κ2) is 16.9. The highest BCUT2D eigenvalue weighted by atomic mass is 28.4. The zero-order chi connectivity index (χ0) is 25.4. The van der Waals surface area contributed by atoms with E-state index >= 15 is 0 Å². The van der Waals surface area contributed by atoms with Crippen LogP contribution in [0, 0.1) is 0 Å². The Hall–Kier alpha value is 0.331. The number of hydrogen-bond donors (Lipinski definition) is 0. The lowest BCUT2D eigenvalue weighted by Crippen LogP contribution is -2.46. The SMILES string of the molecule is COCCCCC[Si](C)(C)OC(C)(CCC[Si](OC)(OC)OC)CCC[Si](OC)(OC)OC. The largest absolute Gasteiger partial charge is 0.500 e. The van der Waals surface area contributed by atoms with Crippen LogP contribution in [0.4, 0.5) is 0 Å². The van der Waals surface area contributed by atoms with E-state index < -0.39 is 25.9 Å². The fourth-order valence-electron chi connectivity index (χ4n) is 4.39. The molecule has 33 heavy (non-hydrogen) atoms. The molecule has 0 radical (unpaired) electrons. The molecule has 0 saturated carbocycles. The predicted octanol–water partition coefficient (Wildman–Crippen LogP) is 5.10. The lowest BCUT2D eigenvalue weighted by molar-refractivity contribution is 0.0527. The number of methoxy groups -OCH3 is 1. The fourth-order valence-corrected chi connectivity index (χ4v) is 10.6. The summed E-state index contributed by atoms with van der Waals surface area (Å²) in [6.45, 7) is 7.74. The van der Waals surface area contributed by atoms with Crippen LogP contribution in [0.5, 0.6) is 0 Å². The van der Waals surface area contributed by atoms with Gasteiger partial charge in [-0.25, -0.2) is 0 Å². The minimum absolute atomic E-state index is 0.243. The molecule has 0 N–H and O–H groups in total. The molecule has 0 unspecified atom stereocenters. The highest BCUT2D eigenvalue weighted by molar-refractivity contribution is 6.71. The van der Waals surface area contributed by atoms with Gasteiger partial charge in [0.05, 0.1) is 5.60 Å². The van der Waals surface area contributed by atoms with Crippen molar-refractivity contribution in [3.63, 3.8) is 0 Å². The van der Waals surface area contributed by atoms with Crippen LogP contribution in [0.2, 0.25) is 31.2 Å². The molecular weight excluding hydrogens is 476 g/mol. The smallest absolute Gasteiger partial charge is 0.412 e. The summed E-state index contributed by atoms with van der Waals surface area (Å²) in [5, 5.41) is 0. The van der Waals surface area contributed by atoms with Gasteiger partial charge in [-0.3, -0.25) is 0 Å². The van der Waals surface area contributed by atoms with E-state index in [1.54, 1.807) is 49.8 Å². The number of hydrogen-bond acceptors (Lipinski definition) is 8. The summed E-state index contributed by atoms with van der Waals surface area (Å²) in [5.74, 6) is 0. The lowest BCUT2D eigenvalue weighted by atomic mass is 9.95. The second-order valence-electron chi connectivity index (χ2n) is 9.41. The Morgan fingerprint density at radius 2 is 0.970 bits per heavy atom. The standard InChI is InChI=1S/C22H52O8Si3/c1-22(16-14-20-32(24-3,25-4)26-5,17-15-21-33(27-6,28-7)29-8)30-31(9,10)19-13-11-12-18-23-2/h11-21H2,1-10H3. The summed E-state index contributed by atoms with van der Waals surface area (Å²) < 4.78 is 45.8. The number of rotatable bonds is 22. The molecule has 0 heterocycles. The van der Waals surface area contributed by atoms with Crippen molar-refractivity contribution in [1.29, 1.82) is 0 Å². The van der Waals surface area contributed by atoms with Crippen molar-refractivity contribution in [2.24, 2.45) is 0 Å². The molecule has 0 bridgehead atoms. The Bertz CT molecular complexity index is 446. The van der Waals surface area contributed by atoms with Crippen molar-refractivity contribution in [2.75, 3.05) is 56.4 Å². The van der Waals surface area contributed by atoms with Crippen molar-refractivity contribution < 1.29 is 35.7 Å². The molecule has 0 aromatic carbocycles. The van der Waals surface area contributed by atoms with Crippen molar-refractivity contribution in [3.8, 4) is 0 Å². The summed E-state index contributed by atoms with van der Waals surface area (Å²) in [6, 6.07) is 2.68. The van der Waals surface area contributed by atoms with Gasteiger partial charge in [-0.1, -0.05) is 12.8 Å². The maximum Gasteiger partial charge on any atom is 0.500 e. The minimum Gasteiger partial charge on any atom is -0.412 e. The molecule has 0 aromatic rings. The first-order valence-corrected chi connectivity index (χ1v) is 19.0. The molecule has 0 aliphatic heterocycles. The van der Waals surface area contributed by atoms with E-state index in [1.165, 1.54) is 12.8 Å². The summed E-state index contributed by atoms with van der Waals surface area (Å²) in [7, 11) is 4.71. The van der Waals surface area contributed by atoms with Gasteiger partial charge in [0, 0.05) is 68.5 Å². The summed E-state index contributed by atoms with van der Waals surface area (Å²) in [5.41, 5.74) is -0.243. The predicted molar refractivity (Wildman–Crippen MR) is 139 cm³/mol. The first-order valence-electron chi connectivity index (χ1n) is 12.0. The average molecular weight is 529 g/mol. The first kappa shape index (κ1) is 33.3. The zero-order valence-corrected chi connectivity index (χ0v) is 26.0. The third-order valence-corrected chi connectivity index (χ3v) is 14.7. The number of unbranched alkanes of at least 4 members (excludes halogenated alkanes) is 2. The molecule has 0 aliphatic carbocycles. The molecule has 0 fully saturated rings. The molecule has 0 aliphatic rings. The Kier molecular flexibility index (Phi) is 17.1. The van der Waals surface area contributed by atoms with E-state index in [-0.39, 0.29) is 5.60 Å². The third kappa shape index (κ3) is 12.7. The Balaban J connectivity index is 5.19. The molecule has 0 amide bonds. The van der Waals surface area contributed by atoms with Crippen molar-refractivity contribution in [1.82, 2.24) is 0 Å². The topological polar surface area (TPSA) is 73.8 Å². The highest BCUT2D eigenvalue weighted by Gasteiger charge is 2.41. The summed E-state index contributed by atoms with van der Waals surface area (Å²) >= 11 is 0. The van der Waals surface area contributed by atoms with Gasteiger partial charge in [0.1, 0.15) is 0 Å². The van der Waals surface area contributed by atoms with Crippen LogP contribution >= 0.6 is 0 Å². The van der Waals surface area contributed by atoms with E-state index in [4.69, 9.17) is 35.7 Å². The van der Waals surface area contributed by atoms with E-state index in [0.29, 0.717) is 0 Å². The molecule has 0 spiro atoms. The quantitative estimate of drug-likeness (QED) is 0.142.